The van der Waals surface area contributed by atoms with E-state index in [1.54, 1.807) is 12.1 Å². The van der Waals surface area contributed by atoms with E-state index in [-0.39, 0.29) is 5.82 Å². The maximum Gasteiger partial charge on any atom is 0.169 e. The van der Waals surface area contributed by atoms with Crippen molar-refractivity contribution in [2.45, 2.75) is 51.7 Å². The Kier molecular flexibility index (Phi) is 4.75. The van der Waals surface area contributed by atoms with Crippen molar-refractivity contribution < 1.29 is 4.39 Å². The third-order valence-corrected chi connectivity index (χ3v) is 4.14. The first-order chi connectivity index (χ1) is 9.08. The Morgan fingerprint density at radius 1 is 1.26 bits per heavy atom. The fourth-order valence-electron chi connectivity index (χ4n) is 2.69. The molecule has 0 amide bonds. The molecule has 0 aliphatic carbocycles. The summed E-state index contributed by atoms with van der Waals surface area (Å²) in [5.74, 6) is -0.204. The minimum Gasteiger partial charge on any atom is -0.358 e. The van der Waals surface area contributed by atoms with Gasteiger partial charge in [0, 0.05) is 18.6 Å². The third-order valence-electron chi connectivity index (χ3n) is 3.79. The summed E-state index contributed by atoms with van der Waals surface area (Å²) in [7, 11) is 0. The molecule has 19 heavy (non-hydrogen) atoms. The molecule has 2 rings (SSSR count). The molecule has 4 heteroatoms. The van der Waals surface area contributed by atoms with Gasteiger partial charge in [0.1, 0.15) is 5.82 Å². The molecule has 1 aromatic carbocycles. The lowest BCUT2D eigenvalue weighted by atomic mass is 9.98. The van der Waals surface area contributed by atoms with Crippen LogP contribution in [0.1, 0.15) is 38.7 Å². The van der Waals surface area contributed by atoms with Gasteiger partial charge in [0.15, 0.2) is 5.11 Å². The Morgan fingerprint density at radius 3 is 2.42 bits per heavy atom. The van der Waals surface area contributed by atoms with Crippen LogP contribution in [0, 0.1) is 5.82 Å². The average molecular weight is 280 g/mol. The van der Waals surface area contributed by atoms with Gasteiger partial charge in [-0.15, -0.1) is 0 Å². The van der Waals surface area contributed by atoms with Crippen molar-refractivity contribution in [2.75, 3.05) is 0 Å². The quantitative estimate of drug-likeness (QED) is 0.835. The number of benzene rings is 1. The lowest BCUT2D eigenvalue weighted by molar-refractivity contribution is 0.189. The van der Waals surface area contributed by atoms with Crippen molar-refractivity contribution in [3.05, 3.63) is 35.6 Å². The molecule has 1 aromatic rings. The highest BCUT2D eigenvalue weighted by Crippen LogP contribution is 2.22. The standard InChI is InChI=1S/C15H21FN2S/c1-11-4-3-5-12(2)18(11)15(19)17-10-13-6-8-14(16)9-7-13/h6-9,11-12H,3-5,10H2,1-2H3,(H,17,19). The maximum absolute atomic E-state index is 12.8. The van der Waals surface area contributed by atoms with E-state index in [0.717, 1.165) is 10.7 Å². The number of rotatable bonds is 2. The molecule has 0 spiro atoms. The van der Waals surface area contributed by atoms with Crippen molar-refractivity contribution in [2.24, 2.45) is 0 Å². The van der Waals surface area contributed by atoms with E-state index in [0.29, 0.717) is 18.6 Å². The van der Waals surface area contributed by atoms with Gasteiger partial charge in [-0.3, -0.25) is 0 Å². The number of hydrogen-bond donors (Lipinski definition) is 1. The Morgan fingerprint density at radius 2 is 1.84 bits per heavy atom. The van der Waals surface area contributed by atoms with Crippen LogP contribution >= 0.6 is 12.2 Å². The molecule has 2 unspecified atom stereocenters. The average Bonchev–Trinajstić information content (AvgIpc) is 2.38. The zero-order valence-corrected chi connectivity index (χ0v) is 12.3. The zero-order chi connectivity index (χ0) is 13.8. The summed E-state index contributed by atoms with van der Waals surface area (Å²) in [5, 5.41) is 4.09. The van der Waals surface area contributed by atoms with Crippen molar-refractivity contribution in [3.63, 3.8) is 0 Å². The fourth-order valence-corrected chi connectivity index (χ4v) is 3.12. The van der Waals surface area contributed by atoms with Crippen LogP contribution in [0.25, 0.3) is 0 Å². The number of piperidine rings is 1. The summed E-state index contributed by atoms with van der Waals surface area (Å²) in [6.45, 7) is 5.10. The highest BCUT2D eigenvalue weighted by atomic mass is 32.1. The summed E-state index contributed by atoms with van der Waals surface area (Å²) in [6.07, 6.45) is 3.67. The molecule has 1 fully saturated rings. The van der Waals surface area contributed by atoms with Gasteiger partial charge in [0.2, 0.25) is 0 Å². The second-order valence-corrected chi connectivity index (χ2v) is 5.71. The molecule has 1 heterocycles. The van der Waals surface area contributed by atoms with Gasteiger partial charge in [-0.05, 0) is 63.0 Å². The number of hydrogen-bond acceptors (Lipinski definition) is 1. The number of halogens is 1. The molecule has 1 aliphatic heterocycles. The fraction of sp³-hybridized carbons (Fsp3) is 0.533. The molecule has 0 aromatic heterocycles. The van der Waals surface area contributed by atoms with E-state index in [1.807, 2.05) is 0 Å². The van der Waals surface area contributed by atoms with Gasteiger partial charge >= 0.3 is 0 Å². The molecule has 2 nitrogen and oxygen atoms in total. The smallest absolute Gasteiger partial charge is 0.169 e. The summed E-state index contributed by atoms with van der Waals surface area (Å²) in [4.78, 5) is 2.29. The second-order valence-electron chi connectivity index (χ2n) is 5.32. The molecule has 1 saturated heterocycles. The molecular weight excluding hydrogens is 259 g/mol. The van der Waals surface area contributed by atoms with Gasteiger partial charge in [-0.2, -0.15) is 0 Å². The molecule has 0 bridgehead atoms. The Hall–Kier alpha value is -1.16. The van der Waals surface area contributed by atoms with E-state index in [4.69, 9.17) is 12.2 Å². The van der Waals surface area contributed by atoms with Crippen molar-refractivity contribution in [1.82, 2.24) is 10.2 Å². The minimum absolute atomic E-state index is 0.204. The van der Waals surface area contributed by atoms with E-state index in [2.05, 4.69) is 24.1 Å². The summed E-state index contributed by atoms with van der Waals surface area (Å²) < 4.78 is 12.8. The second kappa shape index (κ2) is 6.33. The van der Waals surface area contributed by atoms with Crippen LogP contribution in [0.2, 0.25) is 0 Å². The van der Waals surface area contributed by atoms with Crippen LogP contribution in [0.5, 0.6) is 0 Å². The van der Waals surface area contributed by atoms with Crippen molar-refractivity contribution in [1.29, 1.82) is 0 Å². The lowest BCUT2D eigenvalue weighted by Crippen LogP contribution is -2.51. The summed E-state index contributed by atoms with van der Waals surface area (Å²) in [5.41, 5.74) is 1.04. The van der Waals surface area contributed by atoms with Crippen LogP contribution < -0.4 is 5.32 Å². The molecular formula is C15H21FN2S. The maximum atomic E-state index is 12.8. The summed E-state index contributed by atoms with van der Waals surface area (Å²) in [6, 6.07) is 7.52. The molecule has 1 N–H and O–H groups in total. The van der Waals surface area contributed by atoms with E-state index < -0.39 is 0 Å². The van der Waals surface area contributed by atoms with Crippen LogP contribution in [-0.4, -0.2) is 22.1 Å². The number of thiocarbonyl (C=S) groups is 1. The number of likely N-dealkylation sites (tertiary alicyclic amines) is 1. The number of nitrogens with zero attached hydrogens (tertiary/aromatic N) is 1. The van der Waals surface area contributed by atoms with Crippen LogP contribution in [0.3, 0.4) is 0 Å². The Balaban J connectivity index is 1.91. The van der Waals surface area contributed by atoms with E-state index in [9.17, 15) is 4.39 Å². The molecule has 0 saturated carbocycles. The SMILES string of the molecule is CC1CCCC(C)N1C(=S)NCc1ccc(F)cc1. The lowest BCUT2D eigenvalue weighted by Gasteiger charge is -2.41. The highest BCUT2D eigenvalue weighted by Gasteiger charge is 2.26. The first-order valence-corrected chi connectivity index (χ1v) is 7.29. The van der Waals surface area contributed by atoms with Gasteiger partial charge in [0.05, 0.1) is 0 Å². The summed E-state index contributed by atoms with van der Waals surface area (Å²) >= 11 is 5.49. The Labute approximate surface area is 120 Å². The molecule has 104 valence electrons. The predicted octanol–water partition coefficient (Wildman–Crippen LogP) is 3.46. The third kappa shape index (κ3) is 3.66. The number of nitrogens with one attached hydrogen (secondary N) is 1. The van der Waals surface area contributed by atoms with Gasteiger partial charge in [-0.25, -0.2) is 4.39 Å². The zero-order valence-electron chi connectivity index (χ0n) is 11.5. The monoisotopic (exact) mass is 280 g/mol. The van der Waals surface area contributed by atoms with Gasteiger partial charge in [-0.1, -0.05) is 12.1 Å². The van der Waals surface area contributed by atoms with Gasteiger partial charge in [0.25, 0.3) is 0 Å². The van der Waals surface area contributed by atoms with E-state index in [1.165, 1.54) is 31.4 Å². The van der Waals surface area contributed by atoms with Crippen molar-refractivity contribution in [3.8, 4) is 0 Å². The van der Waals surface area contributed by atoms with Crippen LogP contribution in [0.15, 0.2) is 24.3 Å². The topological polar surface area (TPSA) is 15.3 Å². The first-order valence-electron chi connectivity index (χ1n) is 6.88. The normalized spacial score (nSPS) is 23.2. The van der Waals surface area contributed by atoms with Crippen molar-refractivity contribution >= 4 is 17.3 Å². The highest BCUT2D eigenvalue weighted by molar-refractivity contribution is 7.80. The minimum atomic E-state index is -0.204. The van der Waals surface area contributed by atoms with E-state index >= 15 is 0 Å². The van der Waals surface area contributed by atoms with Crippen LogP contribution in [-0.2, 0) is 6.54 Å². The molecule has 0 radical (unpaired) electrons. The predicted molar refractivity (Wildman–Crippen MR) is 80.5 cm³/mol. The first kappa shape index (κ1) is 14.3. The Bertz CT molecular complexity index is 422. The van der Waals surface area contributed by atoms with Crippen LogP contribution in [0.4, 0.5) is 4.39 Å². The molecule has 2 atom stereocenters. The van der Waals surface area contributed by atoms with Gasteiger partial charge < -0.3 is 10.2 Å². The molecule has 1 aliphatic rings. The largest absolute Gasteiger partial charge is 0.358 e.